The lowest BCUT2D eigenvalue weighted by atomic mass is 9.85. The van der Waals surface area contributed by atoms with Gasteiger partial charge in [-0.2, -0.15) is 4.31 Å². The number of nitrogens with one attached hydrogen (secondary N) is 2. The first-order chi connectivity index (χ1) is 21.1. The largest absolute Gasteiger partial charge is 0.323 e. The summed E-state index contributed by atoms with van der Waals surface area (Å²) < 4.78 is 71.7. The van der Waals surface area contributed by atoms with E-state index in [0.29, 0.717) is 24.2 Å². The van der Waals surface area contributed by atoms with Crippen molar-refractivity contribution in [2.24, 2.45) is 5.73 Å². The van der Waals surface area contributed by atoms with E-state index >= 15 is 4.39 Å². The third kappa shape index (κ3) is 6.99. The number of amides is 1. The van der Waals surface area contributed by atoms with Gasteiger partial charge in [-0.05, 0) is 60.4 Å². The molecule has 2 atom stereocenters. The maximum absolute atomic E-state index is 15.2. The monoisotopic (exact) mass is 623 g/mol. The standard InChI is InChI=1S/C32H32F3N5O3S/c33-23-8-4-6-21(16-23)30(22-7-5-9-24(34)17-22)31(36)32(41)39-29-20-38-19-28(35)27(29)13-12-25-18-37-14-15-40(25)44(42,43)26-10-2-1-3-11-26/h1-11,16-17,19-20,25,30-31,37H,12-15,18,36H2,(H,39,41)/t25-,31?/m0/s1. The molecule has 2 heterocycles. The number of benzene rings is 3. The van der Waals surface area contributed by atoms with Crippen molar-refractivity contribution in [3.05, 3.63) is 125 Å². The van der Waals surface area contributed by atoms with Crippen LogP contribution in [0.25, 0.3) is 0 Å². The Morgan fingerprint density at radius 3 is 2.27 bits per heavy atom. The van der Waals surface area contributed by atoms with Crippen LogP contribution in [0.2, 0.25) is 0 Å². The first-order valence-electron chi connectivity index (χ1n) is 14.1. The van der Waals surface area contributed by atoms with Crippen LogP contribution in [-0.2, 0) is 21.2 Å². The Hall–Kier alpha value is -4.10. The van der Waals surface area contributed by atoms with E-state index in [1.165, 1.54) is 59.0 Å². The number of carbonyl (C=O) groups is 1. The average molecular weight is 624 g/mol. The third-order valence-electron chi connectivity index (χ3n) is 7.71. The highest BCUT2D eigenvalue weighted by atomic mass is 32.2. The molecule has 0 radical (unpaired) electrons. The molecule has 1 aromatic heterocycles. The van der Waals surface area contributed by atoms with Crippen LogP contribution < -0.4 is 16.4 Å². The van der Waals surface area contributed by atoms with Crippen LogP contribution in [0.1, 0.15) is 29.0 Å². The summed E-state index contributed by atoms with van der Waals surface area (Å²) in [5.41, 5.74) is 7.35. The summed E-state index contributed by atoms with van der Waals surface area (Å²) in [4.78, 5) is 17.6. The molecule has 8 nitrogen and oxygen atoms in total. The SMILES string of the molecule is NC(C(=O)Nc1cncc(F)c1CC[C@H]1CNCCN1S(=O)(=O)c1ccccc1)C(c1cccc(F)c1)c1cccc(F)c1. The van der Waals surface area contributed by atoms with Crippen molar-refractivity contribution >= 4 is 21.6 Å². The van der Waals surface area contributed by atoms with Crippen molar-refractivity contribution in [3.63, 3.8) is 0 Å². The van der Waals surface area contributed by atoms with Crippen LogP contribution in [0, 0.1) is 17.5 Å². The van der Waals surface area contributed by atoms with Crippen LogP contribution in [-0.4, -0.2) is 55.3 Å². The van der Waals surface area contributed by atoms with Gasteiger partial charge < -0.3 is 16.4 Å². The van der Waals surface area contributed by atoms with E-state index < -0.39 is 51.4 Å². The molecule has 12 heteroatoms. The lowest BCUT2D eigenvalue weighted by Crippen LogP contribution is -2.53. The topological polar surface area (TPSA) is 117 Å². The number of aromatic nitrogens is 1. The lowest BCUT2D eigenvalue weighted by molar-refractivity contribution is -0.117. The minimum Gasteiger partial charge on any atom is -0.323 e. The maximum Gasteiger partial charge on any atom is 0.243 e. The zero-order valence-corrected chi connectivity index (χ0v) is 24.5. The van der Waals surface area contributed by atoms with Crippen LogP contribution in [0.4, 0.5) is 18.9 Å². The van der Waals surface area contributed by atoms with Gasteiger partial charge >= 0.3 is 0 Å². The Kier molecular flexibility index (Phi) is 9.74. The van der Waals surface area contributed by atoms with Gasteiger partial charge in [0.05, 0.1) is 29.0 Å². The van der Waals surface area contributed by atoms with E-state index in [9.17, 15) is 22.0 Å². The first-order valence-corrected chi connectivity index (χ1v) is 15.6. The van der Waals surface area contributed by atoms with E-state index in [2.05, 4.69) is 15.6 Å². The predicted octanol–water partition coefficient (Wildman–Crippen LogP) is 4.19. The fraction of sp³-hybridized carbons (Fsp3) is 0.250. The Morgan fingerprint density at radius 1 is 0.977 bits per heavy atom. The van der Waals surface area contributed by atoms with Crippen LogP contribution >= 0.6 is 0 Å². The van der Waals surface area contributed by atoms with Crippen molar-refractivity contribution in [2.45, 2.75) is 35.7 Å². The summed E-state index contributed by atoms with van der Waals surface area (Å²) in [6.07, 6.45) is 2.65. The second kappa shape index (κ2) is 13.7. The number of nitrogens with two attached hydrogens (primary N) is 1. The number of anilines is 1. The number of sulfonamides is 1. The highest BCUT2D eigenvalue weighted by Crippen LogP contribution is 2.30. The van der Waals surface area contributed by atoms with Gasteiger partial charge in [-0.1, -0.05) is 42.5 Å². The summed E-state index contributed by atoms with van der Waals surface area (Å²) in [6, 6.07) is 17.4. The fourth-order valence-corrected chi connectivity index (χ4v) is 7.22. The molecule has 0 spiro atoms. The number of hydrogen-bond donors (Lipinski definition) is 3. The van der Waals surface area contributed by atoms with Gasteiger partial charge in [0.2, 0.25) is 15.9 Å². The molecule has 230 valence electrons. The number of carbonyl (C=O) groups excluding carboxylic acids is 1. The van der Waals surface area contributed by atoms with Crippen LogP contribution in [0.5, 0.6) is 0 Å². The number of hydrogen-bond acceptors (Lipinski definition) is 6. The minimum atomic E-state index is -3.79. The first kappa shape index (κ1) is 31.3. The third-order valence-corrected chi connectivity index (χ3v) is 9.68. The number of rotatable bonds is 10. The molecule has 4 aromatic rings. The van der Waals surface area contributed by atoms with E-state index in [-0.39, 0.29) is 35.5 Å². The molecule has 1 unspecified atom stereocenters. The van der Waals surface area contributed by atoms with Crippen LogP contribution in [0.15, 0.2) is 96.2 Å². The van der Waals surface area contributed by atoms with E-state index in [4.69, 9.17) is 5.73 Å². The number of pyridine rings is 1. The number of halogens is 3. The summed E-state index contributed by atoms with van der Waals surface area (Å²) in [6.45, 7) is 1.10. The molecule has 1 amide bonds. The maximum atomic E-state index is 15.2. The van der Waals surface area contributed by atoms with Crippen molar-refractivity contribution in [3.8, 4) is 0 Å². The predicted molar refractivity (Wildman–Crippen MR) is 161 cm³/mol. The Morgan fingerprint density at radius 2 is 1.64 bits per heavy atom. The Labute approximate surface area is 254 Å². The number of nitrogens with zero attached hydrogens (tertiary/aromatic N) is 2. The quantitative estimate of drug-likeness (QED) is 0.244. The minimum absolute atomic E-state index is 0.0731. The summed E-state index contributed by atoms with van der Waals surface area (Å²) >= 11 is 0. The zero-order chi connectivity index (χ0) is 31.3. The summed E-state index contributed by atoms with van der Waals surface area (Å²) in [5, 5.41) is 5.85. The molecule has 5 rings (SSSR count). The normalized spacial score (nSPS) is 16.5. The lowest BCUT2D eigenvalue weighted by Gasteiger charge is -2.35. The second-order valence-corrected chi connectivity index (χ2v) is 12.5. The van der Waals surface area contributed by atoms with Crippen molar-refractivity contribution in [2.75, 3.05) is 25.0 Å². The van der Waals surface area contributed by atoms with Gasteiger partial charge in [-0.15, -0.1) is 0 Å². The molecule has 1 aliphatic heterocycles. The van der Waals surface area contributed by atoms with Crippen molar-refractivity contribution in [1.29, 1.82) is 0 Å². The van der Waals surface area contributed by atoms with Gasteiger partial charge in [-0.3, -0.25) is 9.78 Å². The van der Waals surface area contributed by atoms with Gasteiger partial charge in [0.15, 0.2) is 0 Å². The zero-order valence-electron chi connectivity index (χ0n) is 23.7. The summed E-state index contributed by atoms with van der Waals surface area (Å²) in [5.74, 6) is -3.41. The second-order valence-electron chi connectivity index (χ2n) is 10.6. The Bertz CT molecular complexity index is 1680. The molecule has 44 heavy (non-hydrogen) atoms. The van der Waals surface area contributed by atoms with Crippen molar-refractivity contribution < 1.29 is 26.4 Å². The molecule has 0 bridgehead atoms. The molecular weight excluding hydrogens is 591 g/mol. The molecule has 1 fully saturated rings. The highest BCUT2D eigenvalue weighted by molar-refractivity contribution is 7.89. The molecule has 0 saturated carbocycles. The fourth-order valence-electron chi connectivity index (χ4n) is 5.54. The molecule has 0 aliphatic carbocycles. The average Bonchev–Trinajstić information content (AvgIpc) is 3.01. The Balaban J connectivity index is 1.37. The van der Waals surface area contributed by atoms with Crippen LogP contribution in [0.3, 0.4) is 0 Å². The van der Waals surface area contributed by atoms with Crippen molar-refractivity contribution in [1.82, 2.24) is 14.6 Å². The molecule has 3 aromatic carbocycles. The molecule has 4 N–H and O–H groups in total. The highest BCUT2D eigenvalue weighted by Gasteiger charge is 2.34. The van der Waals surface area contributed by atoms with E-state index in [1.54, 1.807) is 30.3 Å². The van der Waals surface area contributed by atoms with Gasteiger partial charge in [0, 0.05) is 37.2 Å². The summed E-state index contributed by atoms with van der Waals surface area (Å²) in [7, 11) is -3.79. The smallest absolute Gasteiger partial charge is 0.243 e. The van der Waals surface area contributed by atoms with Gasteiger partial charge in [0.25, 0.3) is 0 Å². The van der Waals surface area contributed by atoms with Gasteiger partial charge in [-0.25, -0.2) is 21.6 Å². The molecular formula is C32H32F3N5O3S. The van der Waals surface area contributed by atoms with Gasteiger partial charge in [0.1, 0.15) is 17.5 Å². The molecule has 1 saturated heterocycles. The number of piperazine rings is 1. The molecule has 1 aliphatic rings. The van der Waals surface area contributed by atoms with E-state index in [0.717, 1.165) is 6.20 Å². The van der Waals surface area contributed by atoms with E-state index in [1.807, 2.05) is 0 Å².